The molecule has 1 aromatic carbocycles. The standard InChI is InChI=1S/C12H15F3N2O/c1-9(7-12(13,14)15)17-11(18)8-16-10-5-3-2-4-6-10/h2-6,9,16H,7-8H2,1H3,(H,17,18). The highest BCUT2D eigenvalue weighted by Crippen LogP contribution is 2.21. The molecule has 0 aliphatic heterocycles. The van der Waals surface area contributed by atoms with E-state index in [1.165, 1.54) is 6.92 Å². The molecule has 6 heteroatoms. The Balaban J connectivity index is 2.30. The zero-order valence-electron chi connectivity index (χ0n) is 9.92. The smallest absolute Gasteiger partial charge is 0.376 e. The Bertz CT molecular complexity index is 379. The van der Waals surface area contributed by atoms with Crippen molar-refractivity contribution in [1.29, 1.82) is 0 Å². The van der Waals surface area contributed by atoms with Gasteiger partial charge in [0.15, 0.2) is 0 Å². The van der Waals surface area contributed by atoms with Crippen LogP contribution in [-0.4, -0.2) is 24.7 Å². The van der Waals surface area contributed by atoms with Gasteiger partial charge in [0.2, 0.25) is 5.91 Å². The summed E-state index contributed by atoms with van der Waals surface area (Å²) < 4.78 is 36.1. The van der Waals surface area contributed by atoms with Crippen LogP contribution in [0, 0.1) is 0 Å². The topological polar surface area (TPSA) is 41.1 Å². The Morgan fingerprint density at radius 3 is 2.44 bits per heavy atom. The van der Waals surface area contributed by atoms with Crippen LogP contribution >= 0.6 is 0 Å². The van der Waals surface area contributed by atoms with Crippen molar-refractivity contribution in [3.05, 3.63) is 30.3 Å². The van der Waals surface area contributed by atoms with E-state index in [1.807, 2.05) is 6.07 Å². The predicted octanol–water partition coefficient (Wildman–Crippen LogP) is 2.56. The largest absolute Gasteiger partial charge is 0.391 e. The van der Waals surface area contributed by atoms with Gasteiger partial charge in [0, 0.05) is 11.7 Å². The van der Waals surface area contributed by atoms with E-state index < -0.39 is 24.5 Å². The average Bonchev–Trinajstić information content (AvgIpc) is 2.25. The van der Waals surface area contributed by atoms with Crippen LogP contribution in [0.1, 0.15) is 13.3 Å². The highest BCUT2D eigenvalue weighted by molar-refractivity contribution is 5.80. The molecule has 1 amide bonds. The van der Waals surface area contributed by atoms with Crippen LogP contribution < -0.4 is 10.6 Å². The molecule has 0 spiro atoms. The van der Waals surface area contributed by atoms with Gasteiger partial charge < -0.3 is 10.6 Å². The number of alkyl halides is 3. The number of benzene rings is 1. The minimum atomic E-state index is -4.26. The Kier molecular flexibility index (Phi) is 5.00. The Hall–Kier alpha value is -1.72. The van der Waals surface area contributed by atoms with Crippen molar-refractivity contribution in [2.75, 3.05) is 11.9 Å². The van der Waals surface area contributed by atoms with Crippen molar-refractivity contribution < 1.29 is 18.0 Å². The third-order valence-electron chi connectivity index (χ3n) is 2.17. The maximum absolute atomic E-state index is 12.0. The second-order valence-electron chi connectivity index (χ2n) is 4.01. The molecule has 0 bridgehead atoms. The lowest BCUT2D eigenvalue weighted by Crippen LogP contribution is -2.39. The lowest BCUT2D eigenvalue weighted by atomic mass is 10.2. The molecule has 1 rings (SSSR count). The van der Waals surface area contributed by atoms with Crippen LogP contribution in [-0.2, 0) is 4.79 Å². The lowest BCUT2D eigenvalue weighted by Gasteiger charge is -2.16. The molecule has 0 heterocycles. The van der Waals surface area contributed by atoms with Crippen molar-refractivity contribution in [2.24, 2.45) is 0 Å². The van der Waals surface area contributed by atoms with Gasteiger partial charge in [0.1, 0.15) is 0 Å². The van der Waals surface area contributed by atoms with Crippen LogP contribution in [0.4, 0.5) is 18.9 Å². The van der Waals surface area contributed by atoms with Gasteiger partial charge in [-0.25, -0.2) is 0 Å². The highest BCUT2D eigenvalue weighted by Gasteiger charge is 2.30. The first-order valence-electron chi connectivity index (χ1n) is 5.52. The molecule has 3 nitrogen and oxygen atoms in total. The first-order chi connectivity index (χ1) is 8.37. The molecule has 100 valence electrons. The van der Waals surface area contributed by atoms with Crippen molar-refractivity contribution in [3.8, 4) is 0 Å². The van der Waals surface area contributed by atoms with Gasteiger partial charge in [0.05, 0.1) is 13.0 Å². The number of para-hydroxylation sites is 1. The fourth-order valence-corrected chi connectivity index (χ4v) is 1.46. The molecule has 0 fully saturated rings. The van der Waals surface area contributed by atoms with E-state index in [2.05, 4.69) is 10.6 Å². The van der Waals surface area contributed by atoms with E-state index in [9.17, 15) is 18.0 Å². The van der Waals surface area contributed by atoms with Crippen LogP contribution in [0.5, 0.6) is 0 Å². The number of hydrogen-bond acceptors (Lipinski definition) is 2. The third-order valence-corrected chi connectivity index (χ3v) is 2.17. The summed E-state index contributed by atoms with van der Waals surface area (Å²) in [7, 11) is 0. The Morgan fingerprint density at radius 1 is 1.28 bits per heavy atom. The first-order valence-corrected chi connectivity index (χ1v) is 5.52. The molecule has 0 aliphatic carbocycles. The van der Waals surface area contributed by atoms with Crippen LogP contribution in [0.15, 0.2) is 30.3 Å². The van der Waals surface area contributed by atoms with E-state index in [0.717, 1.165) is 5.69 Å². The fraction of sp³-hybridized carbons (Fsp3) is 0.417. The summed E-state index contributed by atoms with van der Waals surface area (Å²) in [6.45, 7) is 1.28. The fourth-order valence-electron chi connectivity index (χ4n) is 1.46. The van der Waals surface area contributed by atoms with E-state index in [1.54, 1.807) is 24.3 Å². The van der Waals surface area contributed by atoms with Gasteiger partial charge in [-0.1, -0.05) is 18.2 Å². The molecule has 1 atom stereocenters. The average molecular weight is 260 g/mol. The van der Waals surface area contributed by atoms with E-state index >= 15 is 0 Å². The van der Waals surface area contributed by atoms with E-state index in [0.29, 0.717) is 0 Å². The Labute approximate surface area is 103 Å². The van der Waals surface area contributed by atoms with E-state index in [4.69, 9.17) is 0 Å². The van der Waals surface area contributed by atoms with Gasteiger partial charge in [0.25, 0.3) is 0 Å². The number of amides is 1. The second kappa shape index (κ2) is 6.28. The Morgan fingerprint density at radius 2 is 1.89 bits per heavy atom. The second-order valence-corrected chi connectivity index (χ2v) is 4.01. The number of carbonyl (C=O) groups excluding carboxylic acids is 1. The summed E-state index contributed by atoms with van der Waals surface area (Å²) >= 11 is 0. The summed E-state index contributed by atoms with van der Waals surface area (Å²) in [5.41, 5.74) is 0.746. The van der Waals surface area contributed by atoms with Gasteiger partial charge in [-0.15, -0.1) is 0 Å². The summed E-state index contributed by atoms with van der Waals surface area (Å²) in [5, 5.41) is 5.10. The van der Waals surface area contributed by atoms with Crippen molar-refractivity contribution >= 4 is 11.6 Å². The molecule has 1 unspecified atom stereocenters. The number of rotatable bonds is 5. The molecular formula is C12H15F3N2O. The minimum absolute atomic E-state index is 0.0494. The van der Waals surface area contributed by atoms with Crippen molar-refractivity contribution in [1.82, 2.24) is 5.32 Å². The number of halogens is 3. The minimum Gasteiger partial charge on any atom is -0.376 e. The number of carbonyl (C=O) groups is 1. The monoisotopic (exact) mass is 260 g/mol. The van der Waals surface area contributed by atoms with Crippen LogP contribution in [0.2, 0.25) is 0 Å². The van der Waals surface area contributed by atoms with Crippen molar-refractivity contribution in [2.45, 2.75) is 25.6 Å². The van der Waals surface area contributed by atoms with Crippen molar-refractivity contribution in [3.63, 3.8) is 0 Å². The highest BCUT2D eigenvalue weighted by atomic mass is 19.4. The first kappa shape index (κ1) is 14.3. The zero-order valence-corrected chi connectivity index (χ0v) is 9.92. The molecule has 2 N–H and O–H groups in total. The molecule has 0 aliphatic rings. The van der Waals surface area contributed by atoms with Gasteiger partial charge in [-0.3, -0.25) is 4.79 Å². The summed E-state index contributed by atoms with van der Waals surface area (Å²) in [4.78, 5) is 11.4. The normalized spacial score (nSPS) is 12.9. The number of nitrogens with one attached hydrogen (secondary N) is 2. The number of anilines is 1. The van der Waals surface area contributed by atoms with E-state index in [-0.39, 0.29) is 6.54 Å². The maximum atomic E-state index is 12.0. The zero-order chi connectivity index (χ0) is 13.6. The van der Waals surface area contributed by atoms with Crippen LogP contribution in [0.25, 0.3) is 0 Å². The third kappa shape index (κ3) is 6.12. The summed E-state index contributed by atoms with van der Waals surface area (Å²) in [6.07, 6.45) is -5.29. The van der Waals surface area contributed by atoms with Crippen LogP contribution in [0.3, 0.4) is 0 Å². The molecule has 0 saturated heterocycles. The summed E-state index contributed by atoms with van der Waals surface area (Å²) in [5.74, 6) is -0.462. The van der Waals surface area contributed by atoms with Gasteiger partial charge in [-0.05, 0) is 19.1 Å². The van der Waals surface area contributed by atoms with Gasteiger partial charge in [-0.2, -0.15) is 13.2 Å². The molecule has 0 radical (unpaired) electrons. The van der Waals surface area contributed by atoms with Gasteiger partial charge >= 0.3 is 6.18 Å². The quantitative estimate of drug-likeness (QED) is 0.854. The molecule has 1 aromatic rings. The molecule has 0 saturated carbocycles. The molecule has 0 aromatic heterocycles. The molecular weight excluding hydrogens is 245 g/mol. The SMILES string of the molecule is CC(CC(F)(F)F)NC(=O)CNc1ccccc1. The maximum Gasteiger partial charge on any atom is 0.391 e. The predicted molar refractivity (Wildman–Crippen MR) is 63.2 cm³/mol. The summed E-state index contributed by atoms with van der Waals surface area (Å²) in [6, 6.07) is 8.05. The number of hydrogen-bond donors (Lipinski definition) is 2. The molecule has 18 heavy (non-hydrogen) atoms. The lowest BCUT2D eigenvalue weighted by molar-refractivity contribution is -0.141.